The molecule has 1 unspecified atom stereocenters. The van der Waals surface area contributed by atoms with Crippen molar-refractivity contribution >= 4 is 0 Å². The molecule has 2 aromatic rings. The first-order valence-corrected chi connectivity index (χ1v) is 6.36. The molecule has 0 bridgehead atoms. The van der Waals surface area contributed by atoms with Crippen molar-refractivity contribution in [3.05, 3.63) is 53.3 Å². The van der Waals surface area contributed by atoms with Crippen LogP contribution in [0.3, 0.4) is 0 Å². The van der Waals surface area contributed by atoms with E-state index in [4.69, 9.17) is 5.84 Å². The largest absolute Gasteiger partial charge is 0.271 e. The van der Waals surface area contributed by atoms with Crippen LogP contribution in [0.2, 0.25) is 0 Å². The van der Waals surface area contributed by atoms with E-state index in [1.54, 1.807) is 0 Å². The molecule has 1 heterocycles. The second-order valence-corrected chi connectivity index (χ2v) is 4.27. The second-order valence-electron chi connectivity index (χ2n) is 4.27. The van der Waals surface area contributed by atoms with Gasteiger partial charge in [-0.3, -0.25) is 10.5 Å². The van der Waals surface area contributed by atoms with Gasteiger partial charge in [-0.25, -0.2) is 5.43 Å². The number of aromatic nitrogens is 2. The van der Waals surface area contributed by atoms with Gasteiger partial charge in [-0.05, 0) is 30.5 Å². The summed E-state index contributed by atoms with van der Waals surface area (Å²) in [4.78, 5) is 0. The minimum absolute atomic E-state index is 0.0154. The van der Waals surface area contributed by atoms with Crippen LogP contribution in [-0.2, 0) is 13.0 Å². The second kappa shape index (κ2) is 5.80. The molecule has 0 aliphatic rings. The summed E-state index contributed by atoms with van der Waals surface area (Å²) in [5, 5.41) is 4.28. The normalized spacial score (nSPS) is 12.6. The molecular weight excluding hydrogens is 224 g/mol. The van der Waals surface area contributed by atoms with E-state index in [0.29, 0.717) is 0 Å². The Bertz CT molecular complexity index is 487. The third-order valence-corrected chi connectivity index (χ3v) is 3.23. The van der Waals surface area contributed by atoms with Crippen molar-refractivity contribution in [1.29, 1.82) is 0 Å². The fourth-order valence-electron chi connectivity index (χ4n) is 2.15. The van der Waals surface area contributed by atoms with Gasteiger partial charge in [0.25, 0.3) is 0 Å². The first-order valence-electron chi connectivity index (χ1n) is 6.36. The van der Waals surface area contributed by atoms with Crippen molar-refractivity contribution < 1.29 is 0 Å². The minimum atomic E-state index is -0.0154. The highest BCUT2D eigenvalue weighted by atomic mass is 15.3. The lowest BCUT2D eigenvalue weighted by atomic mass is 10.0. The Kier molecular flexibility index (Phi) is 4.12. The average molecular weight is 244 g/mol. The van der Waals surface area contributed by atoms with Crippen LogP contribution in [0.1, 0.15) is 36.7 Å². The third-order valence-electron chi connectivity index (χ3n) is 3.23. The number of hydrogen-bond donors (Lipinski definition) is 2. The maximum Gasteiger partial charge on any atom is 0.0878 e. The van der Waals surface area contributed by atoms with Gasteiger partial charge in [0, 0.05) is 12.7 Å². The lowest BCUT2D eigenvalue weighted by Gasteiger charge is -2.18. The molecule has 4 heteroatoms. The quantitative estimate of drug-likeness (QED) is 0.625. The lowest BCUT2D eigenvalue weighted by molar-refractivity contribution is 0.543. The Balaban J connectivity index is 2.32. The standard InChI is InChI=1S/C14H20N4/c1-3-11-5-7-12(8-6-11)14(17-15)13-9-10-16-18(13)4-2/h5-10,14,17H,3-4,15H2,1-2H3. The van der Waals surface area contributed by atoms with Gasteiger partial charge in [0.2, 0.25) is 0 Å². The number of benzene rings is 1. The zero-order valence-corrected chi connectivity index (χ0v) is 10.9. The van der Waals surface area contributed by atoms with Crippen molar-refractivity contribution in [1.82, 2.24) is 15.2 Å². The van der Waals surface area contributed by atoms with Gasteiger partial charge in [-0.15, -0.1) is 0 Å². The lowest BCUT2D eigenvalue weighted by Crippen LogP contribution is -2.30. The molecule has 2 rings (SSSR count). The molecule has 3 N–H and O–H groups in total. The predicted molar refractivity (Wildman–Crippen MR) is 72.9 cm³/mol. The number of aryl methyl sites for hydroxylation is 2. The number of nitrogens with one attached hydrogen (secondary N) is 1. The predicted octanol–water partition coefficient (Wildman–Crippen LogP) is 2.02. The molecule has 18 heavy (non-hydrogen) atoms. The molecule has 4 nitrogen and oxygen atoms in total. The highest BCUT2D eigenvalue weighted by molar-refractivity contribution is 5.30. The Labute approximate surface area is 108 Å². The topological polar surface area (TPSA) is 55.9 Å². The molecule has 1 aromatic carbocycles. The van der Waals surface area contributed by atoms with E-state index in [1.807, 2.05) is 16.9 Å². The van der Waals surface area contributed by atoms with Gasteiger partial charge in [-0.1, -0.05) is 31.2 Å². The maximum atomic E-state index is 5.70. The van der Waals surface area contributed by atoms with E-state index in [1.165, 1.54) is 5.56 Å². The summed E-state index contributed by atoms with van der Waals surface area (Å²) in [6, 6.07) is 10.5. The molecule has 0 amide bonds. The summed E-state index contributed by atoms with van der Waals surface area (Å²) in [6.07, 6.45) is 2.86. The Morgan fingerprint density at radius 3 is 2.50 bits per heavy atom. The van der Waals surface area contributed by atoms with Crippen LogP contribution in [0.15, 0.2) is 36.5 Å². The van der Waals surface area contributed by atoms with Crippen molar-refractivity contribution in [3.8, 4) is 0 Å². The van der Waals surface area contributed by atoms with Crippen LogP contribution in [0, 0.1) is 0 Å². The molecule has 0 radical (unpaired) electrons. The molecule has 0 saturated heterocycles. The Hall–Kier alpha value is -1.65. The summed E-state index contributed by atoms with van der Waals surface area (Å²) in [5.74, 6) is 5.70. The van der Waals surface area contributed by atoms with Crippen LogP contribution >= 0.6 is 0 Å². The maximum absolute atomic E-state index is 5.70. The van der Waals surface area contributed by atoms with E-state index >= 15 is 0 Å². The van der Waals surface area contributed by atoms with Crippen molar-refractivity contribution in [2.45, 2.75) is 32.9 Å². The number of nitrogens with zero attached hydrogens (tertiary/aromatic N) is 2. The summed E-state index contributed by atoms with van der Waals surface area (Å²) in [6.45, 7) is 5.07. The van der Waals surface area contributed by atoms with Crippen molar-refractivity contribution in [3.63, 3.8) is 0 Å². The van der Waals surface area contributed by atoms with Crippen LogP contribution in [-0.4, -0.2) is 9.78 Å². The van der Waals surface area contributed by atoms with E-state index < -0.39 is 0 Å². The summed E-state index contributed by atoms with van der Waals surface area (Å²) in [7, 11) is 0. The van der Waals surface area contributed by atoms with Gasteiger partial charge in [0.05, 0.1) is 11.7 Å². The summed E-state index contributed by atoms with van der Waals surface area (Å²) in [5.41, 5.74) is 6.45. The van der Waals surface area contributed by atoms with E-state index in [0.717, 1.165) is 24.2 Å². The molecule has 0 spiro atoms. The summed E-state index contributed by atoms with van der Waals surface area (Å²) >= 11 is 0. The highest BCUT2D eigenvalue weighted by Gasteiger charge is 2.16. The first-order chi connectivity index (χ1) is 8.80. The zero-order chi connectivity index (χ0) is 13.0. The molecule has 0 saturated carbocycles. The van der Waals surface area contributed by atoms with Gasteiger partial charge in [0.15, 0.2) is 0 Å². The fourth-order valence-corrected chi connectivity index (χ4v) is 2.15. The van der Waals surface area contributed by atoms with Crippen molar-refractivity contribution in [2.24, 2.45) is 5.84 Å². The molecular formula is C14H20N4. The van der Waals surface area contributed by atoms with Crippen LogP contribution in [0.5, 0.6) is 0 Å². The van der Waals surface area contributed by atoms with E-state index in [9.17, 15) is 0 Å². The molecule has 0 aliphatic heterocycles. The minimum Gasteiger partial charge on any atom is -0.271 e. The SMILES string of the molecule is CCc1ccc(C(NN)c2ccnn2CC)cc1. The number of hydrazine groups is 1. The fraction of sp³-hybridized carbons (Fsp3) is 0.357. The van der Waals surface area contributed by atoms with Gasteiger partial charge < -0.3 is 0 Å². The van der Waals surface area contributed by atoms with Crippen LogP contribution in [0.25, 0.3) is 0 Å². The Morgan fingerprint density at radius 2 is 1.94 bits per heavy atom. The van der Waals surface area contributed by atoms with Crippen LogP contribution in [0.4, 0.5) is 0 Å². The number of hydrogen-bond acceptors (Lipinski definition) is 3. The molecule has 1 atom stereocenters. The Morgan fingerprint density at radius 1 is 1.22 bits per heavy atom. The molecule has 96 valence electrons. The van der Waals surface area contributed by atoms with E-state index in [2.05, 4.69) is 48.6 Å². The van der Waals surface area contributed by atoms with Crippen LogP contribution < -0.4 is 11.3 Å². The average Bonchev–Trinajstić information content (AvgIpc) is 2.89. The zero-order valence-electron chi connectivity index (χ0n) is 10.9. The molecule has 0 fully saturated rings. The monoisotopic (exact) mass is 244 g/mol. The van der Waals surface area contributed by atoms with Crippen molar-refractivity contribution in [2.75, 3.05) is 0 Å². The molecule has 1 aromatic heterocycles. The highest BCUT2D eigenvalue weighted by Crippen LogP contribution is 2.21. The first kappa shape index (κ1) is 12.8. The van der Waals surface area contributed by atoms with Gasteiger partial charge >= 0.3 is 0 Å². The summed E-state index contributed by atoms with van der Waals surface area (Å²) < 4.78 is 1.96. The smallest absolute Gasteiger partial charge is 0.0878 e. The van der Waals surface area contributed by atoms with E-state index in [-0.39, 0.29) is 6.04 Å². The molecule has 0 aliphatic carbocycles. The number of rotatable bonds is 5. The third kappa shape index (κ3) is 2.44. The van der Waals surface area contributed by atoms with Gasteiger partial charge in [0.1, 0.15) is 0 Å². The van der Waals surface area contributed by atoms with Gasteiger partial charge in [-0.2, -0.15) is 5.10 Å². The number of nitrogens with two attached hydrogens (primary N) is 1.